The maximum absolute atomic E-state index is 14.1. The third-order valence-electron chi connectivity index (χ3n) is 6.19. The van der Waals surface area contributed by atoms with Gasteiger partial charge in [0.2, 0.25) is 0 Å². The van der Waals surface area contributed by atoms with E-state index in [2.05, 4.69) is 4.98 Å². The fourth-order valence-corrected chi connectivity index (χ4v) is 4.74. The van der Waals surface area contributed by atoms with E-state index in [1.54, 1.807) is 6.92 Å². The van der Waals surface area contributed by atoms with Gasteiger partial charge in [-0.3, -0.25) is 9.59 Å². The molecule has 0 saturated heterocycles. The number of pyridine rings is 2. The van der Waals surface area contributed by atoms with E-state index in [0.29, 0.717) is 0 Å². The summed E-state index contributed by atoms with van der Waals surface area (Å²) in [6, 6.07) is 5.51. The zero-order chi connectivity index (χ0) is 23.0. The number of alkyl halides is 3. The van der Waals surface area contributed by atoms with Crippen LogP contribution in [0.25, 0.3) is 22.3 Å². The van der Waals surface area contributed by atoms with Crippen molar-refractivity contribution in [2.75, 3.05) is 0 Å². The zero-order valence-corrected chi connectivity index (χ0v) is 17.5. The lowest BCUT2D eigenvalue weighted by Gasteiger charge is -2.26. The average molecular weight is 465 g/mol. The quantitative estimate of drug-likeness (QED) is 0.428. The smallest absolute Gasteiger partial charge is 0.417 e. The van der Waals surface area contributed by atoms with Gasteiger partial charge in [-0.1, -0.05) is 18.5 Å². The highest BCUT2D eigenvalue weighted by Crippen LogP contribution is 2.45. The third-order valence-corrected chi connectivity index (χ3v) is 6.43. The van der Waals surface area contributed by atoms with Gasteiger partial charge in [-0.2, -0.15) is 13.2 Å². The molecule has 5 rings (SSSR count). The molecule has 0 fully saturated rings. The van der Waals surface area contributed by atoms with E-state index in [9.17, 15) is 27.9 Å². The van der Waals surface area contributed by atoms with Gasteiger partial charge in [0.1, 0.15) is 12.2 Å². The normalized spacial score (nSPS) is 19.9. The number of aromatic nitrogens is 2. The molecule has 0 radical (unpaired) electrons. The van der Waals surface area contributed by atoms with Crippen molar-refractivity contribution in [3.05, 3.63) is 61.9 Å². The van der Waals surface area contributed by atoms with Crippen molar-refractivity contribution in [2.24, 2.45) is 0 Å². The minimum absolute atomic E-state index is 0.0157. The number of benzene rings is 1. The van der Waals surface area contributed by atoms with Crippen LogP contribution in [0.2, 0.25) is 5.02 Å². The fourth-order valence-electron chi connectivity index (χ4n) is 4.57. The van der Waals surface area contributed by atoms with E-state index in [1.165, 1.54) is 28.8 Å². The maximum atomic E-state index is 14.1. The number of rotatable bonds is 1. The summed E-state index contributed by atoms with van der Waals surface area (Å²) in [5, 5.41) is 11.1. The number of hydrogen-bond donors (Lipinski definition) is 1. The Labute approximate surface area is 184 Å². The molecule has 0 spiro atoms. The van der Waals surface area contributed by atoms with Gasteiger partial charge < -0.3 is 14.4 Å². The summed E-state index contributed by atoms with van der Waals surface area (Å²) in [5.41, 5.74) is -2.82. The van der Waals surface area contributed by atoms with Gasteiger partial charge in [0.15, 0.2) is 0 Å². The summed E-state index contributed by atoms with van der Waals surface area (Å²) >= 11 is 5.95. The zero-order valence-electron chi connectivity index (χ0n) is 16.7. The van der Waals surface area contributed by atoms with E-state index >= 15 is 0 Å². The second kappa shape index (κ2) is 6.79. The predicted molar refractivity (Wildman–Crippen MR) is 109 cm³/mol. The fraction of sp³-hybridized carbons (Fsp3) is 0.318. The molecule has 0 amide bonds. The van der Waals surface area contributed by atoms with Gasteiger partial charge in [0.25, 0.3) is 5.56 Å². The van der Waals surface area contributed by atoms with Crippen LogP contribution in [0.5, 0.6) is 0 Å². The molecule has 2 aromatic heterocycles. The Morgan fingerprint density at radius 1 is 1.25 bits per heavy atom. The molecule has 32 heavy (non-hydrogen) atoms. The van der Waals surface area contributed by atoms with Gasteiger partial charge in [-0.15, -0.1) is 0 Å². The lowest BCUT2D eigenvalue weighted by molar-refractivity contribution is -0.149. The van der Waals surface area contributed by atoms with E-state index in [4.69, 9.17) is 16.3 Å². The summed E-state index contributed by atoms with van der Waals surface area (Å²) in [6.45, 7) is 0.946. The van der Waals surface area contributed by atoms with Crippen molar-refractivity contribution < 1.29 is 27.8 Å². The highest BCUT2D eigenvalue weighted by atomic mass is 35.5. The van der Waals surface area contributed by atoms with Crippen LogP contribution >= 0.6 is 11.6 Å². The SMILES string of the molecule is CCC1(O)CC(=O)OCc2c1cc1n(c2=O)Cc2c-1nc1ccc(Cl)cc1c2C(F)(F)F. The van der Waals surface area contributed by atoms with E-state index in [0.717, 1.165) is 0 Å². The molecule has 1 N–H and O–H groups in total. The van der Waals surface area contributed by atoms with E-state index in [-0.39, 0.29) is 70.0 Å². The molecular weight excluding hydrogens is 449 g/mol. The topological polar surface area (TPSA) is 81.4 Å². The minimum atomic E-state index is -4.71. The molecular formula is C22H16ClF3N2O4. The van der Waals surface area contributed by atoms with Crippen LogP contribution < -0.4 is 5.56 Å². The van der Waals surface area contributed by atoms with Crippen molar-refractivity contribution in [2.45, 2.75) is 44.7 Å². The predicted octanol–water partition coefficient (Wildman–Crippen LogP) is 4.14. The molecule has 1 atom stereocenters. The molecule has 1 unspecified atom stereocenters. The van der Waals surface area contributed by atoms with Crippen molar-refractivity contribution in [3.63, 3.8) is 0 Å². The van der Waals surface area contributed by atoms with Crippen molar-refractivity contribution in [1.29, 1.82) is 0 Å². The third kappa shape index (κ3) is 2.95. The van der Waals surface area contributed by atoms with Gasteiger partial charge in [-0.25, -0.2) is 4.98 Å². The molecule has 10 heteroatoms. The monoisotopic (exact) mass is 464 g/mol. The van der Waals surface area contributed by atoms with E-state index < -0.39 is 28.9 Å². The van der Waals surface area contributed by atoms with Gasteiger partial charge in [-0.05, 0) is 36.2 Å². The second-order valence-electron chi connectivity index (χ2n) is 8.01. The molecule has 2 aliphatic heterocycles. The number of carbonyl (C=O) groups excluding carboxylic acids is 1. The molecule has 1 aromatic carbocycles. The molecule has 6 nitrogen and oxygen atoms in total. The van der Waals surface area contributed by atoms with Gasteiger partial charge in [0, 0.05) is 16.0 Å². The Morgan fingerprint density at radius 2 is 2.00 bits per heavy atom. The molecule has 0 saturated carbocycles. The standard InChI is InChI=1S/C22H16ClF3N2O4/c1-2-21(31)7-17(29)32-9-13-14(21)6-16-19-12(8-28(16)20(13)30)18(22(24,25)26)11-5-10(23)3-4-15(11)27-19/h3-6,31H,2,7-9H2,1H3. The minimum Gasteiger partial charge on any atom is -0.460 e. The maximum Gasteiger partial charge on any atom is 0.417 e. The van der Waals surface area contributed by atoms with Gasteiger partial charge >= 0.3 is 12.1 Å². The molecule has 4 heterocycles. The van der Waals surface area contributed by atoms with Crippen LogP contribution in [0.3, 0.4) is 0 Å². The number of cyclic esters (lactones) is 1. The van der Waals surface area contributed by atoms with E-state index in [1.807, 2.05) is 0 Å². The van der Waals surface area contributed by atoms with Crippen LogP contribution in [-0.2, 0) is 34.5 Å². The number of aliphatic hydroxyl groups is 1. The Morgan fingerprint density at radius 3 is 2.69 bits per heavy atom. The summed E-state index contributed by atoms with van der Waals surface area (Å²) in [6.07, 6.45) is -4.95. The van der Waals surface area contributed by atoms with Crippen molar-refractivity contribution in [3.8, 4) is 11.4 Å². The van der Waals surface area contributed by atoms with Crippen LogP contribution in [0.4, 0.5) is 13.2 Å². The molecule has 2 aliphatic rings. The largest absolute Gasteiger partial charge is 0.460 e. The highest BCUT2D eigenvalue weighted by molar-refractivity contribution is 6.31. The van der Waals surface area contributed by atoms with Crippen LogP contribution in [0.15, 0.2) is 29.1 Å². The number of hydrogen-bond acceptors (Lipinski definition) is 5. The number of nitrogens with zero attached hydrogens (tertiary/aromatic N) is 2. The van der Waals surface area contributed by atoms with Gasteiger partial charge in [0.05, 0.1) is 41.0 Å². The number of esters is 1. The summed E-state index contributed by atoms with van der Waals surface area (Å²) in [5.74, 6) is -0.657. The number of fused-ring (bicyclic) bond motifs is 5. The summed E-state index contributed by atoms with van der Waals surface area (Å²) in [4.78, 5) is 29.7. The lowest BCUT2D eigenvalue weighted by Crippen LogP contribution is -2.32. The molecule has 0 aliphatic carbocycles. The van der Waals surface area contributed by atoms with Crippen LogP contribution in [-0.4, -0.2) is 20.6 Å². The highest BCUT2D eigenvalue weighted by Gasteiger charge is 2.43. The Hall–Kier alpha value is -2.91. The number of ether oxygens (including phenoxy) is 1. The Balaban J connectivity index is 1.85. The first-order chi connectivity index (χ1) is 15.0. The van der Waals surface area contributed by atoms with Crippen LogP contribution in [0.1, 0.15) is 42.0 Å². The van der Waals surface area contributed by atoms with Crippen molar-refractivity contribution >= 4 is 28.5 Å². The van der Waals surface area contributed by atoms with Crippen molar-refractivity contribution in [1.82, 2.24) is 9.55 Å². The Bertz CT molecular complexity index is 1380. The first-order valence-corrected chi connectivity index (χ1v) is 10.3. The molecule has 166 valence electrons. The second-order valence-corrected chi connectivity index (χ2v) is 8.45. The lowest BCUT2D eigenvalue weighted by atomic mass is 9.85. The average Bonchev–Trinajstić information content (AvgIpc) is 3.01. The number of halogens is 4. The first-order valence-electron chi connectivity index (χ1n) is 9.88. The first kappa shape index (κ1) is 21.0. The summed E-state index contributed by atoms with van der Waals surface area (Å²) < 4.78 is 48.7. The number of carbonyl (C=O) groups is 1. The Kier molecular flexibility index (Phi) is 4.45. The summed E-state index contributed by atoms with van der Waals surface area (Å²) in [7, 11) is 0. The van der Waals surface area contributed by atoms with Crippen LogP contribution in [0, 0.1) is 0 Å². The molecule has 0 bridgehead atoms. The molecule has 3 aromatic rings.